The van der Waals surface area contributed by atoms with Gasteiger partial charge in [-0.05, 0) is 38.5 Å². The Morgan fingerprint density at radius 2 is 2.33 bits per heavy atom. The van der Waals surface area contributed by atoms with E-state index in [9.17, 15) is 0 Å². The van der Waals surface area contributed by atoms with Gasteiger partial charge in [0.15, 0.2) is 0 Å². The zero-order valence-corrected chi connectivity index (χ0v) is 6.22. The minimum absolute atomic E-state index is 0.411. The van der Waals surface area contributed by atoms with Crippen LogP contribution in [-0.2, 0) is 0 Å². The van der Waals surface area contributed by atoms with Gasteiger partial charge in [-0.2, -0.15) is 0 Å². The van der Waals surface area contributed by atoms with E-state index < -0.39 is 0 Å². The van der Waals surface area contributed by atoms with Gasteiger partial charge < -0.3 is 0 Å². The van der Waals surface area contributed by atoms with Crippen molar-refractivity contribution in [1.29, 1.82) is 0 Å². The van der Waals surface area contributed by atoms with Gasteiger partial charge in [0.2, 0.25) is 0 Å². The summed E-state index contributed by atoms with van der Waals surface area (Å²) in [5.41, 5.74) is 1.50. The molecule has 2 atom stereocenters. The molecule has 0 fully saturated rings. The van der Waals surface area contributed by atoms with Crippen molar-refractivity contribution in [3.05, 3.63) is 18.6 Å². The lowest BCUT2D eigenvalue weighted by Crippen LogP contribution is -2.11. The molecule has 0 aromatic heterocycles. The van der Waals surface area contributed by atoms with E-state index in [0.29, 0.717) is 11.8 Å². The van der Waals surface area contributed by atoms with E-state index in [1.807, 2.05) is 0 Å². The molecule has 0 spiro atoms. The topological polar surface area (TPSA) is 0 Å². The van der Waals surface area contributed by atoms with Crippen LogP contribution in [0.3, 0.4) is 0 Å². The Balaban J connectivity index is 2.54. The van der Waals surface area contributed by atoms with E-state index >= 15 is 0 Å². The van der Waals surface area contributed by atoms with Crippen LogP contribution >= 0.6 is 0 Å². The number of allylic oxidation sites excluding steroid dienone is 2. The molecule has 0 heterocycles. The summed E-state index contributed by atoms with van der Waals surface area (Å²) < 4.78 is 0. The summed E-state index contributed by atoms with van der Waals surface area (Å²) in [5.74, 6) is 1.10. The van der Waals surface area contributed by atoms with Gasteiger partial charge in [-0.1, -0.05) is 18.6 Å². The molecule has 0 saturated heterocycles. The highest BCUT2D eigenvalue weighted by atomic mass is 14.2. The van der Waals surface area contributed by atoms with Crippen LogP contribution in [0.5, 0.6) is 0 Å². The SMILES string of the molecule is [CH]C1CC=C(C)CC1C. The van der Waals surface area contributed by atoms with Crippen molar-refractivity contribution >= 4 is 0 Å². The molecule has 9 heavy (non-hydrogen) atoms. The van der Waals surface area contributed by atoms with Crippen molar-refractivity contribution in [2.75, 3.05) is 0 Å². The van der Waals surface area contributed by atoms with E-state index in [4.69, 9.17) is 6.92 Å². The first-order chi connectivity index (χ1) is 4.20. The minimum atomic E-state index is 0.411. The molecule has 0 aromatic carbocycles. The summed E-state index contributed by atoms with van der Waals surface area (Å²) in [5, 5.41) is 0. The smallest absolute Gasteiger partial charge is 0.0294 e. The molecule has 0 nitrogen and oxygen atoms in total. The highest BCUT2D eigenvalue weighted by molar-refractivity contribution is 5.05. The Bertz CT molecular complexity index is 122. The first-order valence-corrected chi connectivity index (χ1v) is 3.61. The Labute approximate surface area is 58.0 Å². The van der Waals surface area contributed by atoms with Gasteiger partial charge in [-0.25, -0.2) is 0 Å². The maximum atomic E-state index is 5.80. The van der Waals surface area contributed by atoms with Crippen LogP contribution in [0.2, 0.25) is 0 Å². The zero-order valence-electron chi connectivity index (χ0n) is 6.22. The lowest BCUT2D eigenvalue weighted by Gasteiger charge is -2.23. The molecular formula is C9H14. The lowest BCUT2D eigenvalue weighted by atomic mass is 9.83. The quantitative estimate of drug-likeness (QED) is 0.433. The average molecular weight is 122 g/mol. The predicted molar refractivity (Wildman–Crippen MR) is 39.9 cm³/mol. The number of rotatable bonds is 0. The largest absolute Gasteiger partial charge is 0.0853 e. The standard InChI is InChI=1S/C9H14/c1-7-4-5-8(2)9(3)6-7/h2,4,8-9H,5-6H2,1,3H3. The molecule has 1 aliphatic carbocycles. The van der Waals surface area contributed by atoms with E-state index in [1.165, 1.54) is 12.0 Å². The Kier molecular flexibility index (Phi) is 1.94. The van der Waals surface area contributed by atoms with Crippen LogP contribution in [0.25, 0.3) is 0 Å². The molecule has 2 unspecified atom stereocenters. The normalized spacial score (nSPS) is 36.1. The first-order valence-electron chi connectivity index (χ1n) is 3.61. The van der Waals surface area contributed by atoms with Crippen LogP contribution in [-0.4, -0.2) is 0 Å². The van der Waals surface area contributed by atoms with Gasteiger partial charge in [0.25, 0.3) is 0 Å². The van der Waals surface area contributed by atoms with Gasteiger partial charge in [-0.3, -0.25) is 0 Å². The van der Waals surface area contributed by atoms with Crippen molar-refractivity contribution < 1.29 is 0 Å². The molecule has 0 heteroatoms. The van der Waals surface area contributed by atoms with Gasteiger partial charge in [0.05, 0.1) is 0 Å². The van der Waals surface area contributed by atoms with E-state index in [-0.39, 0.29) is 0 Å². The highest BCUT2D eigenvalue weighted by Gasteiger charge is 2.15. The second-order valence-corrected chi connectivity index (χ2v) is 3.13. The second kappa shape index (κ2) is 2.55. The molecule has 1 aliphatic rings. The van der Waals surface area contributed by atoms with Crippen LogP contribution in [0, 0.1) is 18.8 Å². The molecule has 0 saturated carbocycles. The monoisotopic (exact) mass is 122 g/mol. The molecule has 0 aliphatic heterocycles. The van der Waals surface area contributed by atoms with Crippen molar-refractivity contribution in [2.24, 2.45) is 11.8 Å². The van der Waals surface area contributed by atoms with Gasteiger partial charge >= 0.3 is 0 Å². The van der Waals surface area contributed by atoms with E-state index in [1.54, 1.807) is 0 Å². The molecule has 0 amide bonds. The summed E-state index contributed by atoms with van der Waals surface area (Å²) in [7, 11) is 0. The van der Waals surface area contributed by atoms with Crippen LogP contribution in [0.1, 0.15) is 26.7 Å². The van der Waals surface area contributed by atoms with Crippen molar-refractivity contribution in [1.82, 2.24) is 0 Å². The van der Waals surface area contributed by atoms with Crippen LogP contribution in [0.4, 0.5) is 0 Å². The number of hydrogen-bond acceptors (Lipinski definition) is 0. The third kappa shape index (κ3) is 1.57. The summed E-state index contributed by atoms with van der Waals surface area (Å²) in [4.78, 5) is 0. The molecule has 50 valence electrons. The highest BCUT2D eigenvalue weighted by Crippen LogP contribution is 2.27. The Hall–Kier alpha value is -0.260. The third-order valence-electron chi connectivity index (χ3n) is 2.11. The van der Waals surface area contributed by atoms with Crippen molar-refractivity contribution in [3.8, 4) is 0 Å². The van der Waals surface area contributed by atoms with Gasteiger partial charge in [0, 0.05) is 0 Å². The van der Waals surface area contributed by atoms with Gasteiger partial charge in [-0.15, -0.1) is 0 Å². The predicted octanol–water partition coefficient (Wildman–Crippen LogP) is 2.69. The summed E-state index contributed by atoms with van der Waals surface area (Å²) in [6.07, 6.45) is 4.53. The first kappa shape index (κ1) is 6.85. The summed E-state index contributed by atoms with van der Waals surface area (Å²) >= 11 is 0. The summed E-state index contributed by atoms with van der Waals surface area (Å²) in [6, 6.07) is 0. The van der Waals surface area contributed by atoms with E-state index in [0.717, 1.165) is 6.42 Å². The van der Waals surface area contributed by atoms with Crippen molar-refractivity contribution in [2.45, 2.75) is 26.7 Å². The molecule has 2 radical (unpaired) electrons. The zero-order chi connectivity index (χ0) is 6.85. The fourth-order valence-electron chi connectivity index (χ4n) is 1.31. The van der Waals surface area contributed by atoms with Crippen LogP contribution in [0.15, 0.2) is 11.6 Å². The van der Waals surface area contributed by atoms with E-state index in [2.05, 4.69) is 19.9 Å². The molecule has 0 N–H and O–H groups in total. The number of hydrogen-bond donors (Lipinski definition) is 0. The van der Waals surface area contributed by atoms with Crippen molar-refractivity contribution in [3.63, 3.8) is 0 Å². The molecular weight excluding hydrogens is 108 g/mol. The van der Waals surface area contributed by atoms with Crippen LogP contribution < -0.4 is 0 Å². The van der Waals surface area contributed by atoms with Gasteiger partial charge in [0.1, 0.15) is 0 Å². The third-order valence-corrected chi connectivity index (χ3v) is 2.11. The second-order valence-electron chi connectivity index (χ2n) is 3.13. The fourth-order valence-corrected chi connectivity index (χ4v) is 1.31. The molecule has 1 rings (SSSR count). The molecule has 0 aromatic rings. The maximum absolute atomic E-state index is 5.80. The Morgan fingerprint density at radius 1 is 1.67 bits per heavy atom. The summed E-state index contributed by atoms with van der Waals surface area (Å²) in [6.45, 7) is 10.2. The Morgan fingerprint density at radius 3 is 2.78 bits per heavy atom. The minimum Gasteiger partial charge on any atom is -0.0853 e. The maximum Gasteiger partial charge on any atom is -0.0294 e. The fraction of sp³-hybridized carbons (Fsp3) is 0.667. The molecule has 0 bridgehead atoms. The lowest BCUT2D eigenvalue weighted by molar-refractivity contribution is 0.405. The average Bonchev–Trinajstić information content (AvgIpc) is 1.80.